The number of hydrogen-bond donors (Lipinski definition) is 1. The van der Waals surface area contributed by atoms with Gasteiger partial charge in [-0.3, -0.25) is 0 Å². The molecule has 2 atom stereocenters. The summed E-state index contributed by atoms with van der Waals surface area (Å²) in [5, 5.41) is 3.30. The average Bonchev–Trinajstić information content (AvgIpc) is 2.30. The zero-order valence-corrected chi connectivity index (χ0v) is 11.3. The molecule has 2 heterocycles. The minimum atomic E-state index is 0.419. The van der Waals surface area contributed by atoms with Gasteiger partial charge in [0.25, 0.3) is 0 Å². The molecule has 2 fully saturated rings. The molecule has 2 aliphatic heterocycles. The average molecular weight is 241 g/mol. The monoisotopic (exact) mass is 241 g/mol. The first-order valence-corrected chi connectivity index (χ1v) is 6.95. The molecule has 0 aromatic rings. The number of hydrogen-bond acceptors (Lipinski definition) is 4. The molecule has 4 nitrogen and oxygen atoms in total. The Bertz CT molecular complexity index is 223. The minimum Gasteiger partial charge on any atom is -0.374 e. The number of likely N-dealkylation sites (N-methyl/N-ethyl adjacent to an activating group) is 1. The molecule has 0 radical (unpaired) electrons. The van der Waals surface area contributed by atoms with Crippen LogP contribution in [0.5, 0.6) is 0 Å². The molecule has 0 amide bonds. The topological polar surface area (TPSA) is 27.7 Å². The molecular weight excluding hydrogens is 214 g/mol. The molecule has 0 spiro atoms. The van der Waals surface area contributed by atoms with Crippen LogP contribution < -0.4 is 5.32 Å². The third kappa shape index (κ3) is 4.21. The molecule has 0 aromatic heterocycles. The largest absolute Gasteiger partial charge is 0.374 e. The van der Waals surface area contributed by atoms with E-state index in [1.807, 2.05) is 0 Å². The maximum Gasteiger partial charge on any atom is 0.0829 e. The van der Waals surface area contributed by atoms with E-state index in [-0.39, 0.29) is 0 Å². The van der Waals surface area contributed by atoms with Gasteiger partial charge < -0.3 is 19.9 Å². The number of ether oxygens (including phenoxy) is 1. The van der Waals surface area contributed by atoms with Crippen molar-refractivity contribution in [2.24, 2.45) is 5.92 Å². The third-order valence-corrected chi connectivity index (χ3v) is 3.90. The van der Waals surface area contributed by atoms with Gasteiger partial charge in [-0.25, -0.2) is 0 Å². The molecule has 2 aliphatic rings. The van der Waals surface area contributed by atoms with Crippen LogP contribution in [0.1, 0.15) is 12.8 Å². The van der Waals surface area contributed by atoms with Crippen LogP contribution in [0, 0.1) is 5.92 Å². The fraction of sp³-hybridized carbons (Fsp3) is 1.00. The molecule has 0 aromatic carbocycles. The van der Waals surface area contributed by atoms with Gasteiger partial charge in [0.05, 0.1) is 12.7 Å². The summed E-state index contributed by atoms with van der Waals surface area (Å²) >= 11 is 0. The molecule has 1 N–H and O–H groups in total. The highest BCUT2D eigenvalue weighted by Gasteiger charge is 2.24. The fourth-order valence-electron chi connectivity index (χ4n) is 3.04. The summed E-state index contributed by atoms with van der Waals surface area (Å²) in [6.45, 7) is 7.84. The number of nitrogens with zero attached hydrogens (tertiary/aromatic N) is 2. The Morgan fingerprint density at radius 1 is 1.29 bits per heavy atom. The van der Waals surface area contributed by atoms with Gasteiger partial charge in [0.2, 0.25) is 0 Å². The van der Waals surface area contributed by atoms with Crippen LogP contribution >= 0.6 is 0 Å². The Balaban J connectivity index is 1.74. The van der Waals surface area contributed by atoms with Gasteiger partial charge in [0.15, 0.2) is 0 Å². The van der Waals surface area contributed by atoms with E-state index in [2.05, 4.69) is 29.2 Å². The Morgan fingerprint density at radius 3 is 2.94 bits per heavy atom. The maximum atomic E-state index is 5.85. The van der Waals surface area contributed by atoms with Crippen molar-refractivity contribution in [1.82, 2.24) is 15.1 Å². The molecular formula is C13H27N3O. The summed E-state index contributed by atoms with van der Waals surface area (Å²) in [6, 6.07) is 0. The predicted octanol–water partition coefficient (Wildman–Crippen LogP) is 0.248. The quantitative estimate of drug-likeness (QED) is 0.763. The number of rotatable bonds is 4. The Morgan fingerprint density at radius 2 is 2.18 bits per heavy atom. The lowest BCUT2D eigenvalue weighted by atomic mass is 9.97. The SMILES string of the molecule is CNCC1CCCN(CC2CN(C)CCO2)C1. The van der Waals surface area contributed by atoms with Gasteiger partial charge in [0.1, 0.15) is 0 Å². The number of morpholine rings is 1. The Hall–Kier alpha value is -0.160. The summed E-state index contributed by atoms with van der Waals surface area (Å²) in [7, 11) is 4.24. The van der Waals surface area contributed by atoms with E-state index in [4.69, 9.17) is 4.74 Å². The van der Waals surface area contributed by atoms with Gasteiger partial charge in [-0.15, -0.1) is 0 Å². The fourth-order valence-corrected chi connectivity index (χ4v) is 3.04. The second-order valence-corrected chi connectivity index (χ2v) is 5.58. The van der Waals surface area contributed by atoms with Crippen molar-refractivity contribution in [2.45, 2.75) is 18.9 Å². The van der Waals surface area contributed by atoms with Crippen molar-refractivity contribution in [1.29, 1.82) is 0 Å². The van der Waals surface area contributed by atoms with Crippen molar-refractivity contribution < 1.29 is 4.74 Å². The summed E-state index contributed by atoms with van der Waals surface area (Å²) in [5.41, 5.74) is 0. The second kappa shape index (κ2) is 6.69. The number of likely N-dealkylation sites (tertiary alicyclic amines) is 1. The highest BCUT2D eigenvalue weighted by atomic mass is 16.5. The molecule has 0 bridgehead atoms. The van der Waals surface area contributed by atoms with Gasteiger partial charge >= 0.3 is 0 Å². The molecule has 17 heavy (non-hydrogen) atoms. The smallest absolute Gasteiger partial charge is 0.0829 e. The zero-order chi connectivity index (χ0) is 12.1. The van der Waals surface area contributed by atoms with Crippen molar-refractivity contribution in [3.05, 3.63) is 0 Å². The Labute approximate surface area is 105 Å². The molecule has 100 valence electrons. The van der Waals surface area contributed by atoms with Crippen LogP contribution in [0.15, 0.2) is 0 Å². The van der Waals surface area contributed by atoms with Crippen LogP contribution in [0.3, 0.4) is 0 Å². The van der Waals surface area contributed by atoms with Gasteiger partial charge in [-0.05, 0) is 45.9 Å². The van der Waals surface area contributed by atoms with Crippen molar-refractivity contribution in [2.75, 3.05) is 60.0 Å². The lowest BCUT2D eigenvalue weighted by molar-refractivity contribution is -0.0403. The van der Waals surface area contributed by atoms with E-state index in [9.17, 15) is 0 Å². The third-order valence-electron chi connectivity index (χ3n) is 3.90. The van der Waals surface area contributed by atoms with E-state index in [1.165, 1.54) is 25.9 Å². The van der Waals surface area contributed by atoms with Crippen molar-refractivity contribution in [3.63, 3.8) is 0 Å². The first-order valence-electron chi connectivity index (χ1n) is 6.95. The Kier molecular flexibility index (Phi) is 5.22. The highest BCUT2D eigenvalue weighted by Crippen LogP contribution is 2.17. The lowest BCUT2D eigenvalue weighted by Gasteiger charge is -2.37. The summed E-state index contributed by atoms with van der Waals surface area (Å²) < 4.78 is 5.85. The van der Waals surface area contributed by atoms with Crippen LogP contribution in [0.2, 0.25) is 0 Å². The summed E-state index contributed by atoms with van der Waals surface area (Å²) in [6.07, 6.45) is 3.14. The number of piperidine rings is 1. The first kappa shape index (κ1) is 13.3. The maximum absolute atomic E-state index is 5.85. The van der Waals surface area contributed by atoms with E-state index < -0.39 is 0 Å². The molecule has 4 heteroatoms. The summed E-state index contributed by atoms with van der Waals surface area (Å²) in [4.78, 5) is 4.97. The molecule has 2 rings (SSSR count). The zero-order valence-electron chi connectivity index (χ0n) is 11.3. The van der Waals surface area contributed by atoms with Gasteiger partial charge in [-0.2, -0.15) is 0 Å². The molecule has 0 aliphatic carbocycles. The minimum absolute atomic E-state index is 0.419. The standard InChI is InChI=1S/C13H27N3O/c1-14-8-12-4-3-5-16(9-12)11-13-10-15(2)6-7-17-13/h12-14H,3-11H2,1-2H3. The lowest BCUT2D eigenvalue weighted by Crippen LogP contribution is -2.48. The van der Waals surface area contributed by atoms with Crippen LogP contribution in [-0.4, -0.2) is 75.9 Å². The van der Waals surface area contributed by atoms with Crippen LogP contribution in [0.25, 0.3) is 0 Å². The van der Waals surface area contributed by atoms with Gasteiger partial charge in [-0.1, -0.05) is 0 Å². The molecule has 2 saturated heterocycles. The first-order chi connectivity index (χ1) is 8.28. The highest BCUT2D eigenvalue weighted by molar-refractivity contribution is 4.79. The number of nitrogens with one attached hydrogen (secondary N) is 1. The van der Waals surface area contributed by atoms with Gasteiger partial charge in [0, 0.05) is 26.2 Å². The normalized spacial score (nSPS) is 32.8. The second-order valence-electron chi connectivity index (χ2n) is 5.58. The summed E-state index contributed by atoms with van der Waals surface area (Å²) in [5.74, 6) is 0.829. The van der Waals surface area contributed by atoms with Crippen molar-refractivity contribution in [3.8, 4) is 0 Å². The molecule has 0 saturated carbocycles. The molecule has 2 unspecified atom stereocenters. The van der Waals surface area contributed by atoms with Crippen molar-refractivity contribution >= 4 is 0 Å². The van der Waals surface area contributed by atoms with Crippen LogP contribution in [0.4, 0.5) is 0 Å². The van der Waals surface area contributed by atoms with E-state index in [0.717, 1.165) is 38.7 Å². The van der Waals surface area contributed by atoms with E-state index in [0.29, 0.717) is 6.10 Å². The van der Waals surface area contributed by atoms with E-state index in [1.54, 1.807) is 0 Å². The predicted molar refractivity (Wildman–Crippen MR) is 70.3 cm³/mol. The van der Waals surface area contributed by atoms with E-state index >= 15 is 0 Å². The van der Waals surface area contributed by atoms with Crippen LogP contribution in [-0.2, 0) is 4.74 Å².